The highest BCUT2D eigenvalue weighted by Gasteiger charge is 2.24. The van der Waals surface area contributed by atoms with Gasteiger partial charge < -0.3 is 4.90 Å². The smallest absolute Gasteiger partial charge is 0.114 e. The van der Waals surface area contributed by atoms with Crippen molar-refractivity contribution in [3.05, 3.63) is 66.2 Å². The highest BCUT2D eigenvalue weighted by atomic mass is 32.1. The summed E-state index contributed by atoms with van der Waals surface area (Å²) in [5.41, 5.74) is 4.90. The molecule has 20 heavy (non-hydrogen) atoms. The van der Waals surface area contributed by atoms with Crippen LogP contribution in [0, 0.1) is 0 Å². The summed E-state index contributed by atoms with van der Waals surface area (Å²) in [6.45, 7) is 0. The lowest BCUT2D eigenvalue weighted by molar-refractivity contribution is 1.33. The Morgan fingerprint density at radius 2 is 1.60 bits per heavy atom. The summed E-state index contributed by atoms with van der Waals surface area (Å²) in [5, 5.41) is 2.55. The van der Waals surface area contributed by atoms with Crippen LogP contribution in [0.4, 0.5) is 5.69 Å². The molecule has 0 aromatic heterocycles. The lowest BCUT2D eigenvalue weighted by atomic mass is 9.96. The molecule has 3 aromatic rings. The predicted octanol–water partition coefficient (Wildman–Crippen LogP) is 4.63. The molecule has 0 radical (unpaired) electrons. The van der Waals surface area contributed by atoms with Gasteiger partial charge in [-0.05, 0) is 22.6 Å². The van der Waals surface area contributed by atoms with Gasteiger partial charge in [0.05, 0.1) is 5.69 Å². The zero-order valence-corrected chi connectivity index (χ0v) is 11.9. The van der Waals surface area contributed by atoms with Gasteiger partial charge in [0.1, 0.15) is 4.99 Å². The maximum Gasteiger partial charge on any atom is 0.114 e. The molecule has 0 spiro atoms. The van der Waals surface area contributed by atoms with E-state index in [-0.39, 0.29) is 0 Å². The molecule has 0 saturated carbocycles. The van der Waals surface area contributed by atoms with Crippen LogP contribution in [0.15, 0.2) is 60.7 Å². The molecule has 0 aliphatic carbocycles. The van der Waals surface area contributed by atoms with E-state index in [1.54, 1.807) is 0 Å². The third-order valence-electron chi connectivity index (χ3n) is 4.00. The first-order chi connectivity index (χ1) is 9.77. The third kappa shape index (κ3) is 1.46. The fraction of sp³-hybridized carbons (Fsp3) is 0.0556. The van der Waals surface area contributed by atoms with Crippen LogP contribution in [0.2, 0.25) is 0 Å². The van der Waals surface area contributed by atoms with Crippen molar-refractivity contribution in [1.29, 1.82) is 0 Å². The van der Waals surface area contributed by atoms with Crippen LogP contribution in [0.3, 0.4) is 0 Å². The molecule has 2 heteroatoms. The number of hydrogen-bond donors (Lipinski definition) is 0. The zero-order valence-electron chi connectivity index (χ0n) is 11.1. The van der Waals surface area contributed by atoms with Gasteiger partial charge in [-0.25, -0.2) is 0 Å². The molecule has 1 heterocycles. The number of benzene rings is 3. The minimum atomic E-state index is 0.913. The molecule has 0 atom stereocenters. The van der Waals surface area contributed by atoms with E-state index in [0.717, 1.165) is 4.99 Å². The lowest BCUT2D eigenvalue weighted by Gasteiger charge is -2.13. The van der Waals surface area contributed by atoms with Gasteiger partial charge in [0, 0.05) is 18.0 Å². The Hall–Kier alpha value is -2.19. The van der Waals surface area contributed by atoms with Crippen LogP contribution in [0.25, 0.3) is 21.9 Å². The number of anilines is 1. The molecule has 1 nitrogen and oxygen atoms in total. The second-order valence-electron chi connectivity index (χ2n) is 5.09. The summed E-state index contributed by atoms with van der Waals surface area (Å²) < 4.78 is 0. The zero-order chi connectivity index (χ0) is 13.7. The van der Waals surface area contributed by atoms with Crippen LogP contribution < -0.4 is 4.90 Å². The summed E-state index contributed by atoms with van der Waals surface area (Å²) in [7, 11) is 2.04. The standard InChI is InChI=1S/C18H13NS/c1-19-16-11-10-13(12-6-3-2-4-7-12)14-8-5-9-15(17(14)16)18(19)20/h2-11H,1H3. The van der Waals surface area contributed by atoms with Crippen molar-refractivity contribution in [2.24, 2.45) is 0 Å². The Balaban J connectivity index is 2.11. The third-order valence-corrected chi connectivity index (χ3v) is 4.49. The minimum absolute atomic E-state index is 0.913. The van der Waals surface area contributed by atoms with Gasteiger partial charge in [-0.15, -0.1) is 0 Å². The van der Waals surface area contributed by atoms with Gasteiger partial charge in [-0.1, -0.05) is 66.8 Å². The molecule has 1 aliphatic heterocycles. The highest BCUT2D eigenvalue weighted by molar-refractivity contribution is 7.81. The van der Waals surface area contributed by atoms with Gasteiger partial charge in [0.2, 0.25) is 0 Å². The van der Waals surface area contributed by atoms with Crippen LogP contribution in [0.5, 0.6) is 0 Å². The van der Waals surface area contributed by atoms with E-state index in [2.05, 4.69) is 59.5 Å². The highest BCUT2D eigenvalue weighted by Crippen LogP contribution is 2.41. The van der Waals surface area contributed by atoms with Crippen molar-refractivity contribution < 1.29 is 0 Å². The maximum atomic E-state index is 5.54. The molecule has 4 rings (SSSR count). The average Bonchev–Trinajstić information content (AvgIpc) is 2.76. The average molecular weight is 275 g/mol. The van der Waals surface area contributed by atoms with Gasteiger partial charge in [0.15, 0.2) is 0 Å². The summed E-state index contributed by atoms with van der Waals surface area (Å²) in [5.74, 6) is 0. The van der Waals surface area contributed by atoms with Crippen molar-refractivity contribution in [2.45, 2.75) is 0 Å². The molecule has 0 saturated heterocycles. The molecule has 96 valence electrons. The summed E-state index contributed by atoms with van der Waals surface area (Å²) in [6.07, 6.45) is 0. The van der Waals surface area contributed by atoms with Crippen molar-refractivity contribution in [1.82, 2.24) is 0 Å². The molecular formula is C18H13NS. The van der Waals surface area contributed by atoms with E-state index in [4.69, 9.17) is 12.2 Å². The first-order valence-corrected chi connectivity index (χ1v) is 7.07. The van der Waals surface area contributed by atoms with Crippen molar-refractivity contribution >= 4 is 33.7 Å². The maximum absolute atomic E-state index is 5.54. The van der Waals surface area contributed by atoms with E-state index < -0.39 is 0 Å². The van der Waals surface area contributed by atoms with Crippen molar-refractivity contribution in [2.75, 3.05) is 11.9 Å². The number of rotatable bonds is 1. The Morgan fingerprint density at radius 1 is 0.800 bits per heavy atom. The number of nitrogens with zero attached hydrogens (tertiary/aromatic N) is 1. The number of hydrogen-bond acceptors (Lipinski definition) is 1. The second-order valence-corrected chi connectivity index (χ2v) is 5.48. The monoisotopic (exact) mass is 275 g/mol. The van der Waals surface area contributed by atoms with Crippen LogP contribution in [0.1, 0.15) is 5.56 Å². The Morgan fingerprint density at radius 3 is 2.40 bits per heavy atom. The molecule has 3 aromatic carbocycles. The van der Waals surface area contributed by atoms with E-state index in [9.17, 15) is 0 Å². The fourth-order valence-electron chi connectivity index (χ4n) is 3.01. The summed E-state index contributed by atoms with van der Waals surface area (Å²) in [4.78, 5) is 3.01. The molecule has 0 unspecified atom stereocenters. The normalized spacial score (nSPS) is 13.2. The van der Waals surface area contributed by atoms with Gasteiger partial charge in [0.25, 0.3) is 0 Å². The van der Waals surface area contributed by atoms with Crippen LogP contribution in [-0.2, 0) is 0 Å². The van der Waals surface area contributed by atoms with E-state index >= 15 is 0 Å². The lowest BCUT2D eigenvalue weighted by Crippen LogP contribution is -2.19. The first-order valence-electron chi connectivity index (χ1n) is 6.66. The van der Waals surface area contributed by atoms with Gasteiger partial charge in [-0.2, -0.15) is 0 Å². The van der Waals surface area contributed by atoms with Gasteiger partial charge in [-0.3, -0.25) is 0 Å². The molecule has 0 fully saturated rings. The fourth-order valence-corrected chi connectivity index (χ4v) is 3.27. The SMILES string of the molecule is CN1C(=S)c2cccc3c(-c4ccccc4)ccc1c23. The van der Waals surface area contributed by atoms with Crippen LogP contribution in [-0.4, -0.2) is 12.0 Å². The summed E-state index contributed by atoms with van der Waals surface area (Å²) >= 11 is 5.54. The quantitative estimate of drug-likeness (QED) is 0.596. The molecule has 0 bridgehead atoms. The first kappa shape index (κ1) is 11.6. The summed E-state index contributed by atoms with van der Waals surface area (Å²) in [6, 6.07) is 21.3. The second kappa shape index (κ2) is 4.15. The van der Waals surface area contributed by atoms with E-state index in [1.165, 1.54) is 33.2 Å². The Bertz CT molecular complexity index is 837. The minimum Gasteiger partial charge on any atom is -0.335 e. The van der Waals surface area contributed by atoms with E-state index in [0.29, 0.717) is 0 Å². The Kier molecular flexibility index (Phi) is 2.41. The number of thiocarbonyl (C=S) groups is 1. The molecular weight excluding hydrogens is 262 g/mol. The van der Waals surface area contributed by atoms with Crippen LogP contribution >= 0.6 is 12.2 Å². The molecule has 0 amide bonds. The van der Waals surface area contributed by atoms with E-state index in [1.807, 2.05) is 13.1 Å². The topological polar surface area (TPSA) is 3.24 Å². The molecule has 1 aliphatic rings. The van der Waals surface area contributed by atoms with Crippen molar-refractivity contribution in [3.63, 3.8) is 0 Å². The van der Waals surface area contributed by atoms with Crippen molar-refractivity contribution in [3.8, 4) is 11.1 Å². The largest absolute Gasteiger partial charge is 0.335 e. The Labute approximate surface area is 123 Å². The van der Waals surface area contributed by atoms with Gasteiger partial charge >= 0.3 is 0 Å². The predicted molar refractivity (Wildman–Crippen MR) is 89.5 cm³/mol. The molecule has 0 N–H and O–H groups in total.